The number of ether oxygens (including phenoxy) is 2. The van der Waals surface area contributed by atoms with Crippen LogP contribution in [0.4, 0.5) is 5.69 Å². The van der Waals surface area contributed by atoms with Crippen molar-refractivity contribution in [2.75, 3.05) is 12.4 Å². The minimum absolute atomic E-state index is 0.170. The average molecular weight is 221 g/mol. The van der Waals surface area contributed by atoms with Gasteiger partial charge in [-0.05, 0) is 38.8 Å². The van der Waals surface area contributed by atoms with Gasteiger partial charge in [0, 0.05) is 7.05 Å². The molecule has 0 heterocycles. The van der Waals surface area contributed by atoms with E-state index in [0.717, 1.165) is 17.2 Å². The third-order valence-corrected chi connectivity index (χ3v) is 2.42. The molecule has 1 saturated carbocycles. The van der Waals surface area contributed by atoms with Crippen LogP contribution in [0.2, 0.25) is 0 Å². The van der Waals surface area contributed by atoms with Gasteiger partial charge in [0.25, 0.3) is 0 Å². The fourth-order valence-corrected chi connectivity index (χ4v) is 1.57. The molecule has 0 amide bonds. The summed E-state index contributed by atoms with van der Waals surface area (Å²) in [5.41, 5.74) is 0.947. The second kappa shape index (κ2) is 4.64. The summed E-state index contributed by atoms with van der Waals surface area (Å²) < 4.78 is 11.6. The van der Waals surface area contributed by atoms with Crippen molar-refractivity contribution < 1.29 is 9.47 Å². The molecule has 0 aliphatic heterocycles. The Labute approximate surface area is 96.8 Å². The van der Waals surface area contributed by atoms with Crippen LogP contribution >= 0.6 is 0 Å². The number of anilines is 1. The lowest BCUT2D eigenvalue weighted by molar-refractivity contribution is 0.241. The summed E-state index contributed by atoms with van der Waals surface area (Å²) >= 11 is 0. The Kier molecular flexibility index (Phi) is 3.22. The smallest absolute Gasteiger partial charge is 0.146 e. The lowest BCUT2D eigenvalue weighted by Crippen LogP contribution is -2.08. The summed E-state index contributed by atoms with van der Waals surface area (Å²) in [5, 5.41) is 3.15. The Balaban J connectivity index is 2.21. The molecule has 1 fully saturated rings. The van der Waals surface area contributed by atoms with E-state index in [-0.39, 0.29) is 6.10 Å². The molecule has 0 saturated heterocycles. The van der Waals surface area contributed by atoms with Crippen molar-refractivity contribution in [3.05, 3.63) is 18.2 Å². The first-order valence-electron chi connectivity index (χ1n) is 5.84. The second-order valence-electron chi connectivity index (χ2n) is 4.36. The number of benzene rings is 1. The first kappa shape index (κ1) is 11.1. The summed E-state index contributed by atoms with van der Waals surface area (Å²) in [5.74, 6) is 1.75. The Bertz CT molecular complexity index is 337. The highest BCUT2D eigenvalue weighted by Crippen LogP contribution is 2.38. The Hall–Kier alpha value is -1.38. The fraction of sp³-hybridized carbons (Fsp3) is 0.538. The predicted octanol–water partition coefficient (Wildman–Crippen LogP) is 3.06. The fourth-order valence-electron chi connectivity index (χ4n) is 1.57. The highest BCUT2D eigenvalue weighted by Gasteiger charge is 2.25. The first-order valence-corrected chi connectivity index (χ1v) is 5.84. The SMILES string of the molecule is CNc1c(OC(C)C)cccc1OC1CC1. The van der Waals surface area contributed by atoms with Crippen LogP contribution in [0.5, 0.6) is 11.5 Å². The molecule has 88 valence electrons. The Morgan fingerprint density at radius 3 is 2.50 bits per heavy atom. The van der Waals surface area contributed by atoms with Gasteiger partial charge in [-0.3, -0.25) is 0 Å². The number of para-hydroxylation sites is 1. The monoisotopic (exact) mass is 221 g/mol. The molecule has 0 unspecified atom stereocenters. The lowest BCUT2D eigenvalue weighted by atomic mass is 10.2. The highest BCUT2D eigenvalue weighted by molar-refractivity contribution is 5.66. The number of hydrogen-bond acceptors (Lipinski definition) is 3. The molecule has 0 radical (unpaired) electrons. The maximum Gasteiger partial charge on any atom is 0.146 e. The number of nitrogens with one attached hydrogen (secondary N) is 1. The molecule has 16 heavy (non-hydrogen) atoms. The summed E-state index contributed by atoms with van der Waals surface area (Å²) in [4.78, 5) is 0. The summed E-state index contributed by atoms with van der Waals surface area (Å²) in [7, 11) is 1.89. The van der Waals surface area contributed by atoms with E-state index in [9.17, 15) is 0 Å². The Morgan fingerprint density at radius 1 is 1.25 bits per heavy atom. The summed E-state index contributed by atoms with van der Waals surface area (Å²) in [6, 6.07) is 5.92. The van der Waals surface area contributed by atoms with Gasteiger partial charge in [-0.15, -0.1) is 0 Å². The quantitative estimate of drug-likeness (QED) is 0.829. The van der Waals surface area contributed by atoms with Gasteiger partial charge < -0.3 is 14.8 Å². The van der Waals surface area contributed by atoms with E-state index in [0.29, 0.717) is 6.10 Å². The van der Waals surface area contributed by atoms with Crippen molar-refractivity contribution >= 4 is 5.69 Å². The van der Waals surface area contributed by atoms with Gasteiger partial charge in [0.1, 0.15) is 17.2 Å². The second-order valence-corrected chi connectivity index (χ2v) is 4.36. The molecule has 0 spiro atoms. The average Bonchev–Trinajstić information content (AvgIpc) is 3.01. The van der Waals surface area contributed by atoms with Crippen molar-refractivity contribution in [2.24, 2.45) is 0 Å². The van der Waals surface area contributed by atoms with Crippen LogP contribution in [0.15, 0.2) is 18.2 Å². The molecule has 0 atom stereocenters. The van der Waals surface area contributed by atoms with Crippen molar-refractivity contribution in [3.63, 3.8) is 0 Å². The first-order chi connectivity index (χ1) is 7.70. The van der Waals surface area contributed by atoms with Crippen molar-refractivity contribution in [2.45, 2.75) is 38.9 Å². The minimum Gasteiger partial charge on any atom is -0.489 e. The maximum absolute atomic E-state index is 5.83. The lowest BCUT2D eigenvalue weighted by Gasteiger charge is -2.17. The molecule has 0 bridgehead atoms. The van der Waals surface area contributed by atoms with Gasteiger partial charge in [-0.1, -0.05) is 6.07 Å². The van der Waals surface area contributed by atoms with Crippen molar-refractivity contribution in [1.29, 1.82) is 0 Å². The van der Waals surface area contributed by atoms with Gasteiger partial charge in [-0.25, -0.2) is 0 Å². The van der Waals surface area contributed by atoms with E-state index in [1.807, 2.05) is 39.1 Å². The van der Waals surface area contributed by atoms with Gasteiger partial charge >= 0.3 is 0 Å². The van der Waals surface area contributed by atoms with E-state index in [1.165, 1.54) is 12.8 Å². The van der Waals surface area contributed by atoms with Crippen LogP contribution in [0.1, 0.15) is 26.7 Å². The zero-order valence-corrected chi connectivity index (χ0v) is 10.1. The highest BCUT2D eigenvalue weighted by atomic mass is 16.5. The molecule has 0 aromatic heterocycles. The van der Waals surface area contributed by atoms with E-state index in [4.69, 9.17) is 9.47 Å². The molecule has 1 N–H and O–H groups in total. The molecule has 1 aromatic carbocycles. The zero-order chi connectivity index (χ0) is 11.5. The molecule has 1 aliphatic rings. The number of hydrogen-bond donors (Lipinski definition) is 1. The molecular formula is C13H19NO2. The van der Waals surface area contributed by atoms with Crippen molar-refractivity contribution in [3.8, 4) is 11.5 Å². The Morgan fingerprint density at radius 2 is 1.94 bits per heavy atom. The normalized spacial score (nSPS) is 15.0. The third-order valence-electron chi connectivity index (χ3n) is 2.42. The van der Waals surface area contributed by atoms with Crippen LogP contribution in [0, 0.1) is 0 Å². The van der Waals surface area contributed by atoms with Gasteiger partial charge in [0.15, 0.2) is 0 Å². The van der Waals surface area contributed by atoms with E-state index >= 15 is 0 Å². The van der Waals surface area contributed by atoms with Crippen LogP contribution in [0.3, 0.4) is 0 Å². The van der Waals surface area contributed by atoms with Crippen LogP contribution in [-0.4, -0.2) is 19.3 Å². The molecule has 2 rings (SSSR count). The molecule has 1 aliphatic carbocycles. The van der Waals surface area contributed by atoms with E-state index < -0.39 is 0 Å². The van der Waals surface area contributed by atoms with Crippen LogP contribution in [-0.2, 0) is 0 Å². The number of rotatable bonds is 5. The van der Waals surface area contributed by atoms with Gasteiger partial charge in [0.2, 0.25) is 0 Å². The summed E-state index contributed by atoms with van der Waals surface area (Å²) in [6.07, 6.45) is 2.90. The van der Waals surface area contributed by atoms with E-state index in [1.54, 1.807) is 0 Å². The summed E-state index contributed by atoms with van der Waals surface area (Å²) in [6.45, 7) is 4.04. The largest absolute Gasteiger partial charge is 0.489 e. The van der Waals surface area contributed by atoms with Crippen LogP contribution in [0.25, 0.3) is 0 Å². The molecule has 1 aromatic rings. The predicted molar refractivity (Wildman–Crippen MR) is 65.4 cm³/mol. The van der Waals surface area contributed by atoms with E-state index in [2.05, 4.69) is 5.32 Å². The maximum atomic E-state index is 5.83. The molecule has 3 nitrogen and oxygen atoms in total. The van der Waals surface area contributed by atoms with Crippen molar-refractivity contribution in [1.82, 2.24) is 0 Å². The standard InChI is InChI=1S/C13H19NO2/c1-9(2)15-11-5-4-6-12(13(11)14-3)16-10-7-8-10/h4-6,9-10,14H,7-8H2,1-3H3. The molecule has 3 heteroatoms. The van der Waals surface area contributed by atoms with Gasteiger partial charge in [-0.2, -0.15) is 0 Å². The minimum atomic E-state index is 0.170. The van der Waals surface area contributed by atoms with Crippen LogP contribution < -0.4 is 14.8 Å². The molecular weight excluding hydrogens is 202 g/mol. The van der Waals surface area contributed by atoms with Gasteiger partial charge in [0.05, 0.1) is 12.2 Å². The zero-order valence-electron chi connectivity index (χ0n) is 10.1. The third kappa shape index (κ3) is 2.60. The topological polar surface area (TPSA) is 30.5 Å².